The molecule has 0 aliphatic carbocycles. The van der Waals surface area contributed by atoms with Crippen LogP contribution >= 0.6 is 0 Å². The first-order valence-corrected chi connectivity index (χ1v) is 4.70. The number of carbonyl (C=O) groups is 1. The molecule has 0 unspecified atom stereocenters. The van der Waals surface area contributed by atoms with Crippen LogP contribution < -0.4 is 0 Å². The zero-order valence-corrected chi connectivity index (χ0v) is 7.86. The highest BCUT2D eigenvalue weighted by atomic mass is 16.6. The molecule has 1 aliphatic heterocycles. The van der Waals surface area contributed by atoms with E-state index >= 15 is 0 Å². The molecular weight excluding hydrogens is 172 g/mol. The Hall–Kier alpha value is -0.610. The first-order valence-electron chi connectivity index (χ1n) is 4.70. The van der Waals surface area contributed by atoms with Gasteiger partial charge in [-0.15, -0.1) is 0 Å². The van der Waals surface area contributed by atoms with Gasteiger partial charge < -0.3 is 14.6 Å². The Kier molecular flexibility index (Phi) is 4.18. The van der Waals surface area contributed by atoms with Gasteiger partial charge in [-0.05, 0) is 6.42 Å². The molecule has 0 amide bonds. The third-order valence-corrected chi connectivity index (χ3v) is 2.09. The molecule has 0 bridgehead atoms. The van der Waals surface area contributed by atoms with Crippen LogP contribution in [0.5, 0.6) is 0 Å². The van der Waals surface area contributed by atoms with Crippen LogP contribution in [-0.4, -0.2) is 36.5 Å². The Balaban J connectivity index is 2.14. The van der Waals surface area contributed by atoms with Gasteiger partial charge in [0.25, 0.3) is 0 Å². The molecule has 1 saturated heterocycles. The van der Waals surface area contributed by atoms with Crippen molar-refractivity contribution in [2.75, 3.05) is 13.2 Å². The van der Waals surface area contributed by atoms with Gasteiger partial charge in [-0.25, -0.2) is 4.79 Å². The molecular formula is C9H16O4. The second-order valence-corrected chi connectivity index (χ2v) is 3.24. The molecule has 1 rings (SSSR count). The van der Waals surface area contributed by atoms with Crippen molar-refractivity contribution < 1.29 is 19.4 Å². The van der Waals surface area contributed by atoms with E-state index in [0.29, 0.717) is 19.6 Å². The normalized spacial score (nSPS) is 27.8. The smallest absolute Gasteiger partial charge is 0.332 e. The van der Waals surface area contributed by atoms with Crippen molar-refractivity contribution in [2.45, 2.75) is 38.4 Å². The first-order chi connectivity index (χ1) is 6.24. The Morgan fingerprint density at radius 3 is 3.00 bits per heavy atom. The number of carboxylic acid groups (broad SMARTS) is 1. The van der Waals surface area contributed by atoms with Gasteiger partial charge in [0.2, 0.25) is 0 Å². The maximum Gasteiger partial charge on any atom is 0.332 e. The minimum atomic E-state index is -0.887. The molecule has 0 aromatic heterocycles. The van der Waals surface area contributed by atoms with E-state index in [1.54, 1.807) is 0 Å². The molecule has 2 atom stereocenters. The lowest BCUT2D eigenvalue weighted by Gasteiger charge is -2.08. The molecule has 0 spiro atoms. The highest BCUT2D eigenvalue weighted by Crippen LogP contribution is 2.16. The average Bonchev–Trinajstić information content (AvgIpc) is 2.53. The lowest BCUT2D eigenvalue weighted by molar-refractivity contribution is -0.147. The number of ether oxygens (including phenoxy) is 2. The van der Waals surface area contributed by atoms with Gasteiger partial charge >= 0.3 is 5.97 Å². The zero-order chi connectivity index (χ0) is 9.68. The molecule has 4 heteroatoms. The van der Waals surface area contributed by atoms with Gasteiger partial charge in [-0.2, -0.15) is 0 Å². The van der Waals surface area contributed by atoms with Crippen LogP contribution in [0.4, 0.5) is 0 Å². The summed E-state index contributed by atoms with van der Waals surface area (Å²) in [7, 11) is 0. The van der Waals surface area contributed by atoms with Crippen LogP contribution in [0.15, 0.2) is 0 Å². The van der Waals surface area contributed by atoms with Crippen LogP contribution in [0, 0.1) is 0 Å². The standard InChI is InChI=1S/C9H16O4/c1-2-3-4-12-7-5-8(9(10)11)13-6-7/h7-8H,2-6H2,1H3,(H,10,11)/t7-,8-/m0/s1. The van der Waals surface area contributed by atoms with Crippen LogP contribution in [0.25, 0.3) is 0 Å². The SMILES string of the molecule is CCCCO[C@@H]1CO[C@H](C(=O)O)C1. The van der Waals surface area contributed by atoms with Crippen LogP contribution in [0.1, 0.15) is 26.2 Å². The van der Waals surface area contributed by atoms with Crippen LogP contribution in [-0.2, 0) is 14.3 Å². The Morgan fingerprint density at radius 2 is 2.46 bits per heavy atom. The minimum absolute atomic E-state index is 0.0207. The summed E-state index contributed by atoms with van der Waals surface area (Å²) in [5, 5.41) is 8.62. The van der Waals surface area contributed by atoms with Crippen molar-refractivity contribution in [1.82, 2.24) is 0 Å². The molecule has 13 heavy (non-hydrogen) atoms. The molecule has 0 aromatic carbocycles. The summed E-state index contributed by atoms with van der Waals surface area (Å²) < 4.78 is 10.5. The third-order valence-electron chi connectivity index (χ3n) is 2.09. The zero-order valence-electron chi connectivity index (χ0n) is 7.86. The topological polar surface area (TPSA) is 55.8 Å². The molecule has 4 nitrogen and oxygen atoms in total. The van der Waals surface area contributed by atoms with E-state index in [9.17, 15) is 4.79 Å². The van der Waals surface area contributed by atoms with E-state index in [4.69, 9.17) is 14.6 Å². The summed E-state index contributed by atoms with van der Waals surface area (Å²) in [6.45, 7) is 3.21. The van der Waals surface area contributed by atoms with Crippen molar-refractivity contribution in [2.24, 2.45) is 0 Å². The minimum Gasteiger partial charge on any atom is -0.479 e. The molecule has 1 fully saturated rings. The van der Waals surface area contributed by atoms with E-state index in [1.807, 2.05) is 0 Å². The van der Waals surface area contributed by atoms with Gasteiger partial charge in [0.15, 0.2) is 6.10 Å². The fraction of sp³-hybridized carbons (Fsp3) is 0.889. The molecule has 0 radical (unpaired) electrons. The number of hydrogen-bond acceptors (Lipinski definition) is 3. The molecule has 1 N–H and O–H groups in total. The molecule has 1 aliphatic rings. The van der Waals surface area contributed by atoms with E-state index in [1.165, 1.54) is 0 Å². The molecule has 0 saturated carbocycles. The Morgan fingerprint density at radius 1 is 1.69 bits per heavy atom. The number of carboxylic acids is 1. The Labute approximate surface area is 77.8 Å². The monoisotopic (exact) mass is 188 g/mol. The van der Waals surface area contributed by atoms with E-state index < -0.39 is 12.1 Å². The number of unbranched alkanes of at least 4 members (excludes halogenated alkanes) is 1. The highest BCUT2D eigenvalue weighted by Gasteiger charge is 2.30. The Bertz CT molecular complexity index is 169. The average molecular weight is 188 g/mol. The van der Waals surface area contributed by atoms with Crippen molar-refractivity contribution >= 4 is 5.97 Å². The van der Waals surface area contributed by atoms with Crippen molar-refractivity contribution in [3.63, 3.8) is 0 Å². The number of rotatable bonds is 5. The molecule has 0 aromatic rings. The maximum absolute atomic E-state index is 10.5. The summed E-state index contributed by atoms with van der Waals surface area (Å²) in [5.74, 6) is -0.887. The van der Waals surface area contributed by atoms with E-state index in [0.717, 1.165) is 12.8 Å². The van der Waals surface area contributed by atoms with Gasteiger partial charge in [-0.3, -0.25) is 0 Å². The van der Waals surface area contributed by atoms with Crippen molar-refractivity contribution in [3.8, 4) is 0 Å². The predicted molar refractivity (Wildman–Crippen MR) is 46.6 cm³/mol. The lowest BCUT2D eigenvalue weighted by Crippen LogP contribution is -2.19. The third kappa shape index (κ3) is 3.32. The lowest BCUT2D eigenvalue weighted by atomic mass is 10.2. The van der Waals surface area contributed by atoms with E-state index in [2.05, 4.69) is 6.92 Å². The summed E-state index contributed by atoms with van der Waals surface area (Å²) in [6.07, 6.45) is 1.92. The molecule has 76 valence electrons. The van der Waals surface area contributed by atoms with Gasteiger partial charge in [-0.1, -0.05) is 13.3 Å². The highest BCUT2D eigenvalue weighted by molar-refractivity contribution is 5.72. The van der Waals surface area contributed by atoms with Gasteiger partial charge in [0.1, 0.15) is 0 Å². The van der Waals surface area contributed by atoms with Gasteiger partial charge in [0.05, 0.1) is 12.7 Å². The van der Waals surface area contributed by atoms with Gasteiger partial charge in [0, 0.05) is 13.0 Å². The quantitative estimate of drug-likeness (QED) is 0.655. The number of aliphatic carboxylic acids is 1. The van der Waals surface area contributed by atoms with E-state index in [-0.39, 0.29) is 6.10 Å². The summed E-state index contributed by atoms with van der Waals surface area (Å²) >= 11 is 0. The van der Waals surface area contributed by atoms with Crippen molar-refractivity contribution in [1.29, 1.82) is 0 Å². The van der Waals surface area contributed by atoms with Crippen LogP contribution in [0.3, 0.4) is 0 Å². The van der Waals surface area contributed by atoms with Crippen molar-refractivity contribution in [3.05, 3.63) is 0 Å². The second kappa shape index (κ2) is 5.19. The summed E-state index contributed by atoms with van der Waals surface area (Å²) in [6, 6.07) is 0. The summed E-state index contributed by atoms with van der Waals surface area (Å²) in [5.41, 5.74) is 0. The first kappa shape index (κ1) is 10.5. The number of hydrogen-bond donors (Lipinski definition) is 1. The molecule has 1 heterocycles. The second-order valence-electron chi connectivity index (χ2n) is 3.24. The van der Waals surface area contributed by atoms with Crippen LogP contribution in [0.2, 0.25) is 0 Å². The predicted octanol–water partition coefficient (Wildman–Crippen LogP) is 1.05. The fourth-order valence-corrected chi connectivity index (χ4v) is 1.28. The fourth-order valence-electron chi connectivity index (χ4n) is 1.28. The summed E-state index contributed by atoms with van der Waals surface area (Å²) in [4.78, 5) is 10.5. The maximum atomic E-state index is 10.5. The largest absolute Gasteiger partial charge is 0.479 e.